The highest BCUT2D eigenvalue weighted by molar-refractivity contribution is 5.97. The minimum Gasteiger partial charge on any atom is -0.320 e. The molecule has 0 fully saturated rings. The number of rotatable bonds is 4. The van der Waals surface area contributed by atoms with E-state index >= 15 is 0 Å². The van der Waals surface area contributed by atoms with Crippen molar-refractivity contribution in [3.63, 3.8) is 0 Å². The van der Waals surface area contributed by atoms with Gasteiger partial charge < -0.3 is 15.6 Å². The molecule has 1 rings (SSSR count). The van der Waals surface area contributed by atoms with Crippen LogP contribution in [0, 0.1) is 0 Å². The van der Waals surface area contributed by atoms with Crippen molar-refractivity contribution in [2.75, 3.05) is 5.32 Å². The number of aryl methyl sites for hydroxylation is 1. The van der Waals surface area contributed by atoms with Crippen molar-refractivity contribution < 1.29 is 4.79 Å². The molecule has 94 valence electrons. The summed E-state index contributed by atoms with van der Waals surface area (Å²) in [6.45, 7) is 3.62. The molecule has 5 heteroatoms. The second-order valence-electron chi connectivity index (χ2n) is 4.46. The van der Waals surface area contributed by atoms with Crippen molar-refractivity contribution in [3.05, 3.63) is 28.7 Å². The van der Waals surface area contributed by atoms with E-state index in [4.69, 9.17) is 5.73 Å². The molecule has 17 heavy (non-hydrogen) atoms. The number of carbonyl (C=O) groups excluding carboxylic acids is 1. The van der Waals surface area contributed by atoms with Gasteiger partial charge in [0.15, 0.2) is 0 Å². The van der Waals surface area contributed by atoms with E-state index in [1.54, 1.807) is 32.3 Å². The Morgan fingerprint density at radius 3 is 2.82 bits per heavy atom. The maximum absolute atomic E-state index is 11.9. The first-order valence-electron chi connectivity index (χ1n) is 5.64. The zero-order chi connectivity index (χ0) is 13.1. The van der Waals surface area contributed by atoms with Crippen LogP contribution in [0.25, 0.3) is 0 Å². The second kappa shape index (κ2) is 5.14. The summed E-state index contributed by atoms with van der Waals surface area (Å²) in [7, 11) is 1.63. The molecule has 1 amide bonds. The van der Waals surface area contributed by atoms with Crippen molar-refractivity contribution >= 4 is 11.6 Å². The average Bonchev–Trinajstić information content (AvgIpc) is 2.24. The SMILES string of the molecule is CCCC(C)(N)C(=O)Nc1cccn(C)c1=O. The Bertz CT molecular complexity index is 463. The number of nitrogens with two attached hydrogens (primary N) is 1. The van der Waals surface area contributed by atoms with Crippen LogP contribution < -0.4 is 16.6 Å². The molecule has 0 saturated carbocycles. The number of amides is 1. The highest BCUT2D eigenvalue weighted by Gasteiger charge is 2.27. The third-order valence-corrected chi connectivity index (χ3v) is 2.66. The number of pyridine rings is 1. The van der Waals surface area contributed by atoms with Gasteiger partial charge in [-0.2, -0.15) is 0 Å². The Kier molecular flexibility index (Phi) is 4.07. The minimum atomic E-state index is -0.949. The van der Waals surface area contributed by atoms with Gasteiger partial charge in [-0.3, -0.25) is 9.59 Å². The minimum absolute atomic E-state index is 0.242. The zero-order valence-electron chi connectivity index (χ0n) is 10.5. The molecule has 0 spiro atoms. The fourth-order valence-electron chi connectivity index (χ4n) is 1.59. The number of aromatic nitrogens is 1. The first kappa shape index (κ1) is 13.4. The average molecular weight is 237 g/mol. The van der Waals surface area contributed by atoms with Crippen LogP contribution in [0.3, 0.4) is 0 Å². The lowest BCUT2D eigenvalue weighted by Crippen LogP contribution is -2.49. The van der Waals surface area contributed by atoms with Crippen molar-refractivity contribution in [2.24, 2.45) is 12.8 Å². The van der Waals surface area contributed by atoms with Crippen molar-refractivity contribution in [3.8, 4) is 0 Å². The Morgan fingerprint density at radius 1 is 1.59 bits per heavy atom. The van der Waals surface area contributed by atoms with Crippen molar-refractivity contribution in [1.82, 2.24) is 4.57 Å². The van der Waals surface area contributed by atoms with E-state index in [9.17, 15) is 9.59 Å². The van der Waals surface area contributed by atoms with Crippen LogP contribution in [0.2, 0.25) is 0 Å². The van der Waals surface area contributed by atoms with Gasteiger partial charge >= 0.3 is 0 Å². The molecule has 0 bridgehead atoms. The predicted molar refractivity (Wildman–Crippen MR) is 67.8 cm³/mol. The molecule has 3 N–H and O–H groups in total. The molecule has 0 aliphatic rings. The molecule has 1 heterocycles. The molecule has 1 aromatic heterocycles. The predicted octanol–water partition coefficient (Wildman–Crippen LogP) is 0.841. The van der Waals surface area contributed by atoms with E-state index in [0.717, 1.165) is 6.42 Å². The Balaban J connectivity index is 2.89. The summed E-state index contributed by atoms with van der Waals surface area (Å²) >= 11 is 0. The molecular formula is C12H19N3O2. The number of hydrogen-bond acceptors (Lipinski definition) is 3. The number of hydrogen-bond donors (Lipinski definition) is 2. The van der Waals surface area contributed by atoms with Gasteiger partial charge in [0.25, 0.3) is 5.56 Å². The van der Waals surface area contributed by atoms with Crippen LogP contribution in [-0.2, 0) is 11.8 Å². The van der Waals surface area contributed by atoms with E-state index in [0.29, 0.717) is 6.42 Å². The Morgan fingerprint density at radius 2 is 2.24 bits per heavy atom. The van der Waals surface area contributed by atoms with Gasteiger partial charge in [-0.1, -0.05) is 13.3 Å². The van der Waals surface area contributed by atoms with E-state index in [1.165, 1.54) is 4.57 Å². The highest BCUT2D eigenvalue weighted by Crippen LogP contribution is 2.11. The molecule has 0 aliphatic carbocycles. The lowest BCUT2D eigenvalue weighted by Gasteiger charge is -2.22. The second-order valence-corrected chi connectivity index (χ2v) is 4.46. The van der Waals surface area contributed by atoms with Gasteiger partial charge in [0.2, 0.25) is 5.91 Å². The van der Waals surface area contributed by atoms with E-state index in [-0.39, 0.29) is 17.2 Å². The quantitative estimate of drug-likeness (QED) is 0.814. The van der Waals surface area contributed by atoms with Gasteiger partial charge in [-0.25, -0.2) is 0 Å². The molecule has 0 saturated heterocycles. The standard InChI is InChI=1S/C12H19N3O2/c1-4-7-12(2,13)11(17)14-9-6-5-8-15(3)10(9)16/h5-6,8H,4,7,13H2,1-3H3,(H,14,17). The van der Waals surface area contributed by atoms with Crippen LogP contribution in [0.5, 0.6) is 0 Å². The van der Waals surface area contributed by atoms with Gasteiger partial charge in [0, 0.05) is 13.2 Å². The monoisotopic (exact) mass is 237 g/mol. The number of anilines is 1. The third-order valence-electron chi connectivity index (χ3n) is 2.66. The summed E-state index contributed by atoms with van der Waals surface area (Å²) in [5, 5.41) is 2.58. The highest BCUT2D eigenvalue weighted by atomic mass is 16.2. The van der Waals surface area contributed by atoms with Gasteiger partial charge in [-0.05, 0) is 25.5 Å². The van der Waals surface area contributed by atoms with E-state index < -0.39 is 5.54 Å². The summed E-state index contributed by atoms with van der Waals surface area (Å²) < 4.78 is 1.41. The summed E-state index contributed by atoms with van der Waals surface area (Å²) in [6.07, 6.45) is 3.02. The topological polar surface area (TPSA) is 77.1 Å². The molecule has 1 atom stereocenters. The summed E-state index contributed by atoms with van der Waals surface area (Å²) in [5.41, 5.74) is 4.95. The molecule has 1 unspecified atom stereocenters. The first-order chi connectivity index (χ1) is 7.88. The van der Waals surface area contributed by atoms with E-state index in [1.807, 2.05) is 6.92 Å². The Hall–Kier alpha value is -1.62. The normalized spacial score (nSPS) is 14.1. The third kappa shape index (κ3) is 3.17. The number of nitrogens with one attached hydrogen (secondary N) is 1. The Labute approximate surface area is 101 Å². The maximum atomic E-state index is 11.9. The zero-order valence-corrected chi connectivity index (χ0v) is 10.5. The van der Waals surface area contributed by atoms with Crippen molar-refractivity contribution in [2.45, 2.75) is 32.2 Å². The lowest BCUT2D eigenvalue weighted by atomic mass is 9.96. The number of carbonyl (C=O) groups is 1. The molecule has 1 aromatic rings. The van der Waals surface area contributed by atoms with Crippen molar-refractivity contribution in [1.29, 1.82) is 0 Å². The molecule has 5 nitrogen and oxygen atoms in total. The fraction of sp³-hybridized carbons (Fsp3) is 0.500. The van der Waals surface area contributed by atoms with Crippen LogP contribution in [-0.4, -0.2) is 16.0 Å². The van der Waals surface area contributed by atoms with Crippen LogP contribution in [0.15, 0.2) is 23.1 Å². The lowest BCUT2D eigenvalue weighted by molar-refractivity contribution is -0.120. The molecule has 0 radical (unpaired) electrons. The first-order valence-corrected chi connectivity index (χ1v) is 5.64. The summed E-state index contributed by atoms with van der Waals surface area (Å²) in [6, 6.07) is 3.27. The van der Waals surface area contributed by atoms with E-state index in [2.05, 4.69) is 5.32 Å². The summed E-state index contributed by atoms with van der Waals surface area (Å²) in [4.78, 5) is 23.6. The smallest absolute Gasteiger partial charge is 0.274 e. The summed E-state index contributed by atoms with van der Waals surface area (Å²) in [5.74, 6) is -0.331. The molecule has 0 aliphatic heterocycles. The molecular weight excluding hydrogens is 218 g/mol. The van der Waals surface area contributed by atoms with Gasteiger partial charge in [-0.15, -0.1) is 0 Å². The van der Waals surface area contributed by atoms with Crippen LogP contribution >= 0.6 is 0 Å². The van der Waals surface area contributed by atoms with Gasteiger partial charge in [0.05, 0.1) is 5.54 Å². The van der Waals surface area contributed by atoms with Crippen LogP contribution in [0.4, 0.5) is 5.69 Å². The maximum Gasteiger partial charge on any atom is 0.274 e. The van der Waals surface area contributed by atoms with Crippen LogP contribution in [0.1, 0.15) is 26.7 Å². The largest absolute Gasteiger partial charge is 0.320 e. The molecule has 0 aromatic carbocycles. The number of nitrogens with zero attached hydrogens (tertiary/aromatic N) is 1. The van der Waals surface area contributed by atoms with Gasteiger partial charge in [0.1, 0.15) is 5.69 Å². The fourth-order valence-corrected chi connectivity index (χ4v) is 1.59.